The van der Waals surface area contributed by atoms with Crippen molar-refractivity contribution in [2.75, 3.05) is 23.7 Å². The van der Waals surface area contributed by atoms with Gasteiger partial charge in [-0.3, -0.25) is 9.69 Å². The molecule has 9 nitrogen and oxygen atoms in total. The Morgan fingerprint density at radius 3 is 2.88 bits per heavy atom. The Kier molecular flexibility index (Phi) is 4.36. The Morgan fingerprint density at radius 1 is 1.12 bits per heavy atom. The molecule has 1 amide bonds. The summed E-state index contributed by atoms with van der Waals surface area (Å²) < 4.78 is 1.98. The van der Waals surface area contributed by atoms with Crippen LogP contribution in [0.3, 0.4) is 0 Å². The zero-order valence-electron chi connectivity index (χ0n) is 17.4. The normalized spacial score (nSPS) is 18.3. The minimum atomic E-state index is -0.0447. The van der Waals surface area contributed by atoms with E-state index < -0.39 is 0 Å². The fraction of sp³-hybridized carbons (Fsp3) is 0.261. The lowest BCUT2D eigenvalue weighted by atomic mass is 10.0. The molecule has 0 unspecified atom stereocenters. The van der Waals surface area contributed by atoms with Crippen LogP contribution in [0.2, 0.25) is 0 Å². The van der Waals surface area contributed by atoms with Crippen LogP contribution in [0.4, 0.5) is 11.6 Å². The number of nitrogens with zero attached hydrogens (tertiary/aromatic N) is 6. The standard InChI is InChI=1S/C23H22N8O/c24-21-19-20(29-31(22(19)28-13-27-21)16-4-3-8-25-11-16)14-6-7-17-15(10-14)12-30(23(17)32)18-5-1-2-9-26-18/h1-2,5-7,9-10,13,16,25H,3-4,8,11-12H2,(H2,24,27,28)/t16-/m1/s1. The molecule has 9 heteroatoms. The molecule has 2 aliphatic rings. The number of nitrogen functional groups attached to an aromatic ring is 1. The number of aromatic nitrogens is 5. The van der Waals surface area contributed by atoms with Crippen molar-refractivity contribution in [3.8, 4) is 11.3 Å². The number of piperidine rings is 1. The number of carbonyl (C=O) groups excluding carboxylic acids is 1. The van der Waals surface area contributed by atoms with E-state index in [2.05, 4.69) is 20.3 Å². The maximum Gasteiger partial charge on any atom is 0.260 e. The second kappa shape index (κ2) is 7.38. The van der Waals surface area contributed by atoms with Crippen LogP contribution >= 0.6 is 0 Å². The zero-order chi connectivity index (χ0) is 21.7. The first-order valence-corrected chi connectivity index (χ1v) is 10.8. The van der Waals surface area contributed by atoms with Crippen molar-refractivity contribution < 1.29 is 4.79 Å². The third-order valence-corrected chi connectivity index (χ3v) is 6.24. The van der Waals surface area contributed by atoms with E-state index >= 15 is 0 Å². The molecule has 0 saturated carbocycles. The summed E-state index contributed by atoms with van der Waals surface area (Å²) in [6.45, 7) is 2.33. The van der Waals surface area contributed by atoms with Crippen LogP contribution in [0.5, 0.6) is 0 Å². The predicted molar refractivity (Wildman–Crippen MR) is 121 cm³/mol. The van der Waals surface area contributed by atoms with E-state index in [1.165, 1.54) is 6.33 Å². The number of anilines is 2. The molecule has 32 heavy (non-hydrogen) atoms. The minimum absolute atomic E-state index is 0.0447. The lowest BCUT2D eigenvalue weighted by Gasteiger charge is -2.23. The number of rotatable bonds is 3. The van der Waals surface area contributed by atoms with Crippen LogP contribution in [0.15, 0.2) is 48.9 Å². The summed E-state index contributed by atoms with van der Waals surface area (Å²) in [7, 11) is 0. The molecule has 2 aliphatic heterocycles. The predicted octanol–water partition coefficient (Wildman–Crippen LogP) is 2.56. The van der Waals surface area contributed by atoms with Crippen LogP contribution < -0.4 is 16.0 Å². The molecule has 0 aliphatic carbocycles. The summed E-state index contributed by atoms with van der Waals surface area (Å²) in [5.74, 6) is 1.01. The van der Waals surface area contributed by atoms with Crippen molar-refractivity contribution in [1.82, 2.24) is 30.0 Å². The monoisotopic (exact) mass is 426 g/mol. The van der Waals surface area contributed by atoms with Crippen LogP contribution in [-0.2, 0) is 6.54 Å². The third kappa shape index (κ3) is 2.93. The fourth-order valence-electron chi connectivity index (χ4n) is 4.66. The molecular formula is C23H22N8O. The van der Waals surface area contributed by atoms with E-state index in [1.54, 1.807) is 11.1 Å². The van der Waals surface area contributed by atoms with Gasteiger partial charge in [0.25, 0.3) is 5.91 Å². The number of nitrogens with two attached hydrogens (primary N) is 1. The van der Waals surface area contributed by atoms with Gasteiger partial charge >= 0.3 is 0 Å². The number of benzene rings is 1. The first kappa shape index (κ1) is 18.9. The quantitative estimate of drug-likeness (QED) is 0.517. The molecule has 160 valence electrons. The van der Waals surface area contributed by atoms with Gasteiger partial charge in [-0.05, 0) is 49.2 Å². The van der Waals surface area contributed by atoms with Crippen molar-refractivity contribution in [1.29, 1.82) is 0 Å². The van der Waals surface area contributed by atoms with Crippen LogP contribution in [0, 0.1) is 0 Å². The van der Waals surface area contributed by atoms with Gasteiger partial charge in [0.05, 0.1) is 18.0 Å². The summed E-state index contributed by atoms with van der Waals surface area (Å²) in [6, 6.07) is 11.6. The molecule has 3 aromatic heterocycles. The molecular weight excluding hydrogens is 404 g/mol. The van der Waals surface area contributed by atoms with Crippen molar-refractivity contribution >= 4 is 28.6 Å². The molecule has 0 radical (unpaired) electrons. The highest BCUT2D eigenvalue weighted by molar-refractivity contribution is 6.10. The number of fused-ring (bicyclic) bond motifs is 2. The van der Waals surface area contributed by atoms with Gasteiger partial charge in [0.2, 0.25) is 0 Å². The van der Waals surface area contributed by atoms with Crippen molar-refractivity contribution in [3.63, 3.8) is 0 Å². The second-order valence-corrected chi connectivity index (χ2v) is 8.20. The molecule has 0 bridgehead atoms. The van der Waals surface area contributed by atoms with Gasteiger partial charge in [-0.2, -0.15) is 5.10 Å². The Balaban J connectivity index is 1.44. The zero-order valence-corrected chi connectivity index (χ0v) is 17.4. The number of carbonyl (C=O) groups is 1. The summed E-state index contributed by atoms with van der Waals surface area (Å²) >= 11 is 0. The molecule has 3 N–H and O–H groups in total. The summed E-state index contributed by atoms with van der Waals surface area (Å²) in [6.07, 6.45) is 5.30. The lowest BCUT2D eigenvalue weighted by Crippen LogP contribution is -2.32. The third-order valence-electron chi connectivity index (χ3n) is 6.24. The van der Waals surface area contributed by atoms with Crippen molar-refractivity contribution in [2.24, 2.45) is 0 Å². The molecule has 0 spiro atoms. The molecule has 1 fully saturated rings. The minimum Gasteiger partial charge on any atom is -0.383 e. The van der Waals surface area contributed by atoms with E-state index in [1.807, 2.05) is 41.1 Å². The van der Waals surface area contributed by atoms with Gasteiger partial charge in [-0.15, -0.1) is 0 Å². The average Bonchev–Trinajstić information content (AvgIpc) is 3.39. The van der Waals surface area contributed by atoms with E-state index in [9.17, 15) is 4.79 Å². The highest BCUT2D eigenvalue weighted by atomic mass is 16.2. The first-order valence-electron chi connectivity index (χ1n) is 10.8. The molecule has 4 aromatic rings. The molecule has 5 heterocycles. The molecule has 1 saturated heterocycles. The molecule has 1 aromatic carbocycles. The van der Waals surface area contributed by atoms with E-state index in [0.717, 1.165) is 53.8 Å². The van der Waals surface area contributed by atoms with E-state index in [4.69, 9.17) is 10.8 Å². The van der Waals surface area contributed by atoms with Crippen LogP contribution in [0.25, 0.3) is 22.3 Å². The Hall–Kier alpha value is -3.85. The van der Waals surface area contributed by atoms with E-state index in [0.29, 0.717) is 23.7 Å². The molecule has 1 atom stereocenters. The van der Waals surface area contributed by atoms with Crippen LogP contribution in [0.1, 0.15) is 34.8 Å². The number of hydrogen-bond acceptors (Lipinski definition) is 7. The van der Waals surface area contributed by atoms with Gasteiger partial charge in [0.15, 0.2) is 5.65 Å². The average molecular weight is 426 g/mol. The number of amides is 1. The number of nitrogens with one attached hydrogen (secondary N) is 1. The molecule has 6 rings (SSSR count). The van der Waals surface area contributed by atoms with Gasteiger partial charge in [0, 0.05) is 23.9 Å². The Bertz CT molecular complexity index is 1330. The second-order valence-electron chi connectivity index (χ2n) is 8.20. The SMILES string of the molecule is Nc1ncnc2c1c(-c1ccc3c(c1)CN(c1ccccn1)C3=O)nn2[C@@H]1CCCNC1. The maximum absolute atomic E-state index is 12.9. The van der Waals surface area contributed by atoms with Gasteiger partial charge in [0.1, 0.15) is 23.7 Å². The summed E-state index contributed by atoms with van der Waals surface area (Å²) in [5, 5.41) is 9.14. The first-order chi connectivity index (χ1) is 15.7. The van der Waals surface area contributed by atoms with Crippen molar-refractivity contribution in [3.05, 3.63) is 60.0 Å². The maximum atomic E-state index is 12.9. The Morgan fingerprint density at radius 2 is 2.06 bits per heavy atom. The largest absolute Gasteiger partial charge is 0.383 e. The van der Waals surface area contributed by atoms with E-state index in [-0.39, 0.29) is 11.9 Å². The van der Waals surface area contributed by atoms with Gasteiger partial charge < -0.3 is 11.1 Å². The highest BCUT2D eigenvalue weighted by Gasteiger charge is 2.30. The van der Waals surface area contributed by atoms with Gasteiger partial charge in [-0.25, -0.2) is 19.6 Å². The summed E-state index contributed by atoms with van der Waals surface area (Å²) in [4.78, 5) is 27.7. The fourth-order valence-corrected chi connectivity index (χ4v) is 4.66. The smallest absolute Gasteiger partial charge is 0.260 e. The van der Waals surface area contributed by atoms with Crippen molar-refractivity contribution in [2.45, 2.75) is 25.4 Å². The van der Waals surface area contributed by atoms with Crippen LogP contribution in [-0.4, -0.2) is 43.7 Å². The summed E-state index contributed by atoms with van der Waals surface area (Å²) in [5.41, 5.74) is 10.3. The lowest BCUT2D eigenvalue weighted by molar-refractivity contribution is 0.0996. The highest BCUT2D eigenvalue weighted by Crippen LogP contribution is 2.35. The Labute approximate surface area is 184 Å². The topological polar surface area (TPSA) is 115 Å². The number of pyridine rings is 1. The number of hydrogen-bond donors (Lipinski definition) is 2. The van der Waals surface area contributed by atoms with Gasteiger partial charge in [-0.1, -0.05) is 12.1 Å².